The normalized spacial score (nSPS) is 21.6. The van der Waals surface area contributed by atoms with Crippen LogP contribution < -0.4 is 0 Å². The Labute approximate surface area is 143 Å². The summed E-state index contributed by atoms with van der Waals surface area (Å²) in [5.41, 5.74) is 1.07. The molecule has 0 saturated heterocycles. The third kappa shape index (κ3) is 5.52. The van der Waals surface area contributed by atoms with Crippen LogP contribution in [0.1, 0.15) is 68.3 Å². The zero-order valence-corrected chi connectivity index (χ0v) is 14.6. The number of hydrogen-bond acceptors (Lipinski definition) is 3. The van der Waals surface area contributed by atoms with Crippen LogP contribution in [-0.2, 0) is 9.53 Å². The quantitative estimate of drug-likeness (QED) is 0.649. The van der Waals surface area contributed by atoms with Crippen molar-refractivity contribution >= 4 is 11.9 Å². The van der Waals surface area contributed by atoms with Crippen LogP contribution in [0, 0.1) is 5.92 Å². The minimum atomic E-state index is -0.891. The van der Waals surface area contributed by atoms with Gasteiger partial charge in [-0.15, -0.1) is 0 Å². The number of esters is 1. The molecule has 0 radical (unpaired) electrons. The highest BCUT2D eigenvalue weighted by atomic mass is 16.6. The molecule has 2 rings (SSSR count). The lowest BCUT2D eigenvalue weighted by Crippen LogP contribution is -2.22. The van der Waals surface area contributed by atoms with E-state index in [4.69, 9.17) is 9.84 Å². The first-order chi connectivity index (χ1) is 11.2. The lowest BCUT2D eigenvalue weighted by molar-refractivity contribution is -0.148. The molecule has 4 nitrogen and oxygen atoms in total. The van der Waals surface area contributed by atoms with Gasteiger partial charge in [0.05, 0.1) is 5.56 Å². The lowest BCUT2D eigenvalue weighted by atomic mass is 9.78. The largest absolute Gasteiger partial charge is 0.478 e. The molecular weight excluding hydrogens is 304 g/mol. The van der Waals surface area contributed by atoms with E-state index in [9.17, 15) is 9.59 Å². The van der Waals surface area contributed by atoms with Crippen molar-refractivity contribution in [1.82, 2.24) is 0 Å². The van der Waals surface area contributed by atoms with Crippen LogP contribution >= 0.6 is 0 Å². The van der Waals surface area contributed by atoms with Crippen molar-refractivity contribution in [2.24, 2.45) is 5.92 Å². The zero-order chi connectivity index (χ0) is 17.7. The Kier molecular flexibility index (Phi) is 5.81. The molecule has 1 N–H and O–H groups in total. The van der Waals surface area contributed by atoms with E-state index in [0.29, 0.717) is 17.4 Å². The van der Waals surface area contributed by atoms with Crippen LogP contribution in [0.15, 0.2) is 36.4 Å². The summed E-state index contributed by atoms with van der Waals surface area (Å²) in [6, 6.07) is 7.19. The van der Waals surface area contributed by atoms with E-state index in [0.717, 1.165) is 25.7 Å². The average molecular weight is 330 g/mol. The molecule has 0 heterocycles. The Morgan fingerprint density at radius 3 is 2.17 bits per heavy atom. The van der Waals surface area contributed by atoms with Crippen molar-refractivity contribution in [3.05, 3.63) is 47.5 Å². The number of carbonyl (C=O) groups excluding carboxylic acids is 1. The summed E-state index contributed by atoms with van der Waals surface area (Å²) >= 11 is 0. The summed E-state index contributed by atoms with van der Waals surface area (Å²) in [5.74, 6) is -0.294. The van der Waals surface area contributed by atoms with Crippen molar-refractivity contribution in [2.45, 2.75) is 58.0 Å². The molecule has 0 spiro atoms. The van der Waals surface area contributed by atoms with Crippen LogP contribution in [-0.4, -0.2) is 22.6 Å². The van der Waals surface area contributed by atoms with Gasteiger partial charge < -0.3 is 9.84 Å². The fourth-order valence-corrected chi connectivity index (χ4v) is 3.09. The summed E-state index contributed by atoms with van der Waals surface area (Å²) in [7, 11) is 0. The second-order valence-corrected chi connectivity index (χ2v) is 7.43. The van der Waals surface area contributed by atoms with Crippen LogP contribution in [0.4, 0.5) is 0 Å². The molecule has 24 heavy (non-hydrogen) atoms. The van der Waals surface area contributed by atoms with Crippen molar-refractivity contribution in [3.8, 4) is 0 Å². The molecule has 0 aromatic heterocycles. The number of carboxylic acids is 1. The SMILES string of the molecule is CC(C)(C)OC(=O)C=CC1CCC(c2ccc(C(=O)O)cc2)CC1. The number of allylic oxidation sites excluding steroid dienone is 1. The lowest BCUT2D eigenvalue weighted by Gasteiger charge is -2.27. The zero-order valence-electron chi connectivity index (χ0n) is 14.6. The molecule has 1 saturated carbocycles. The minimum Gasteiger partial charge on any atom is -0.478 e. The molecule has 1 aromatic rings. The van der Waals surface area contributed by atoms with Crippen molar-refractivity contribution in [2.75, 3.05) is 0 Å². The van der Waals surface area contributed by atoms with E-state index in [1.165, 1.54) is 5.56 Å². The molecule has 1 fully saturated rings. The second-order valence-electron chi connectivity index (χ2n) is 7.43. The van der Waals surface area contributed by atoms with E-state index in [2.05, 4.69) is 0 Å². The number of benzene rings is 1. The molecular formula is C20H26O4. The topological polar surface area (TPSA) is 63.6 Å². The fourth-order valence-electron chi connectivity index (χ4n) is 3.09. The maximum atomic E-state index is 11.7. The first-order valence-corrected chi connectivity index (χ1v) is 8.49. The standard InChI is InChI=1S/C20H26O4/c1-20(2,3)24-18(21)13-6-14-4-7-15(8-5-14)16-9-11-17(12-10-16)19(22)23/h6,9-15H,4-5,7-8H2,1-3H3,(H,22,23). The third-order valence-corrected chi connectivity index (χ3v) is 4.31. The average Bonchev–Trinajstić information content (AvgIpc) is 2.52. The Hall–Kier alpha value is -2.10. The summed E-state index contributed by atoms with van der Waals surface area (Å²) in [6.45, 7) is 5.58. The molecule has 0 unspecified atom stereocenters. The number of carbonyl (C=O) groups is 2. The molecule has 0 bridgehead atoms. The van der Waals surface area contributed by atoms with E-state index in [1.54, 1.807) is 18.2 Å². The summed E-state index contributed by atoms with van der Waals surface area (Å²) in [5, 5.41) is 8.95. The van der Waals surface area contributed by atoms with Crippen molar-refractivity contribution < 1.29 is 19.4 Å². The summed E-state index contributed by atoms with van der Waals surface area (Å²) in [4.78, 5) is 22.6. The first-order valence-electron chi connectivity index (χ1n) is 8.49. The number of carboxylic acid groups (broad SMARTS) is 1. The number of aromatic carboxylic acids is 1. The summed E-state index contributed by atoms with van der Waals surface area (Å²) in [6.07, 6.45) is 7.69. The van der Waals surface area contributed by atoms with Gasteiger partial charge in [-0.05, 0) is 76.0 Å². The highest BCUT2D eigenvalue weighted by Crippen LogP contribution is 2.36. The predicted molar refractivity (Wildman–Crippen MR) is 93.1 cm³/mol. The van der Waals surface area contributed by atoms with E-state index in [1.807, 2.05) is 39.0 Å². The van der Waals surface area contributed by atoms with E-state index in [-0.39, 0.29) is 5.97 Å². The summed E-state index contributed by atoms with van der Waals surface area (Å²) < 4.78 is 5.28. The molecule has 1 aromatic carbocycles. The van der Waals surface area contributed by atoms with Crippen molar-refractivity contribution in [3.63, 3.8) is 0 Å². The van der Waals surface area contributed by atoms with E-state index < -0.39 is 11.6 Å². The molecule has 0 amide bonds. The highest BCUT2D eigenvalue weighted by molar-refractivity contribution is 5.87. The Bertz CT molecular complexity index is 600. The smallest absolute Gasteiger partial charge is 0.335 e. The highest BCUT2D eigenvalue weighted by Gasteiger charge is 2.21. The van der Waals surface area contributed by atoms with Crippen LogP contribution in [0.3, 0.4) is 0 Å². The Balaban J connectivity index is 1.85. The maximum absolute atomic E-state index is 11.7. The van der Waals surface area contributed by atoms with Gasteiger partial charge in [0.25, 0.3) is 0 Å². The fraction of sp³-hybridized carbons (Fsp3) is 0.500. The third-order valence-electron chi connectivity index (χ3n) is 4.31. The van der Waals surface area contributed by atoms with Gasteiger partial charge in [0.15, 0.2) is 0 Å². The van der Waals surface area contributed by atoms with Crippen LogP contribution in [0.25, 0.3) is 0 Å². The van der Waals surface area contributed by atoms with Gasteiger partial charge in [0.1, 0.15) is 5.60 Å². The first kappa shape index (κ1) is 18.2. The molecule has 1 aliphatic rings. The molecule has 4 heteroatoms. The molecule has 130 valence electrons. The molecule has 0 atom stereocenters. The van der Waals surface area contributed by atoms with Gasteiger partial charge >= 0.3 is 11.9 Å². The van der Waals surface area contributed by atoms with Gasteiger partial charge in [-0.3, -0.25) is 0 Å². The van der Waals surface area contributed by atoms with Gasteiger partial charge in [-0.25, -0.2) is 9.59 Å². The van der Waals surface area contributed by atoms with Gasteiger partial charge in [-0.2, -0.15) is 0 Å². The van der Waals surface area contributed by atoms with Gasteiger partial charge in [-0.1, -0.05) is 18.2 Å². The predicted octanol–water partition coefficient (Wildman–Crippen LogP) is 4.56. The molecule has 1 aliphatic carbocycles. The van der Waals surface area contributed by atoms with Crippen LogP contribution in [0.5, 0.6) is 0 Å². The van der Waals surface area contributed by atoms with Gasteiger partial charge in [0.2, 0.25) is 0 Å². The molecule has 0 aliphatic heterocycles. The Morgan fingerprint density at radius 1 is 1.08 bits per heavy atom. The number of hydrogen-bond donors (Lipinski definition) is 1. The van der Waals surface area contributed by atoms with Gasteiger partial charge in [0, 0.05) is 6.08 Å². The number of rotatable bonds is 4. The van der Waals surface area contributed by atoms with E-state index >= 15 is 0 Å². The minimum absolute atomic E-state index is 0.283. The maximum Gasteiger partial charge on any atom is 0.335 e. The Morgan fingerprint density at radius 2 is 1.67 bits per heavy atom. The monoisotopic (exact) mass is 330 g/mol. The van der Waals surface area contributed by atoms with Crippen molar-refractivity contribution in [1.29, 1.82) is 0 Å². The van der Waals surface area contributed by atoms with Crippen LogP contribution in [0.2, 0.25) is 0 Å². The number of ether oxygens (including phenoxy) is 1. The second kappa shape index (κ2) is 7.65.